The Bertz CT molecular complexity index is 1490. The molecule has 3 N–H and O–H groups in total. The van der Waals surface area contributed by atoms with Crippen LogP contribution in [0.4, 0.5) is 0 Å². The third-order valence-corrected chi connectivity index (χ3v) is 6.36. The number of nitrogens with zero attached hydrogens (tertiary/aromatic N) is 4. The highest BCUT2D eigenvalue weighted by Gasteiger charge is 2.29. The molecule has 8 nitrogen and oxygen atoms in total. The highest BCUT2D eigenvalue weighted by Crippen LogP contribution is 2.33. The smallest absolute Gasteiger partial charge is 0.222 e. The Labute approximate surface area is 212 Å². The molecule has 1 atom stereocenters. The lowest BCUT2D eigenvalue weighted by Gasteiger charge is -2.13. The molecule has 0 fully saturated rings. The SMILES string of the molecule is Cc1ccc2c(c1)C(c1ccc(Cl)cc1)=N[C@@H](CC(=O)NCc1ccc(O)c(O)c1)c1nnc(C)n1-2. The summed E-state index contributed by atoms with van der Waals surface area (Å²) in [6.45, 7) is 4.09. The van der Waals surface area contributed by atoms with Crippen LogP contribution in [-0.2, 0) is 11.3 Å². The Hall–Kier alpha value is -4.17. The van der Waals surface area contributed by atoms with Crippen LogP contribution in [0.5, 0.6) is 11.5 Å². The summed E-state index contributed by atoms with van der Waals surface area (Å²) in [5.41, 5.74) is 5.19. The third-order valence-electron chi connectivity index (χ3n) is 6.11. The molecule has 0 unspecified atom stereocenters. The van der Waals surface area contributed by atoms with E-state index in [9.17, 15) is 15.0 Å². The molecule has 1 aromatic heterocycles. The molecule has 9 heteroatoms. The van der Waals surface area contributed by atoms with Crippen LogP contribution in [0.25, 0.3) is 5.69 Å². The Morgan fingerprint density at radius 1 is 1.00 bits per heavy atom. The van der Waals surface area contributed by atoms with Crippen molar-refractivity contribution < 1.29 is 15.0 Å². The van der Waals surface area contributed by atoms with Gasteiger partial charge in [-0.05, 0) is 55.8 Å². The van der Waals surface area contributed by atoms with Crippen molar-refractivity contribution in [3.8, 4) is 17.2 Å². The predicted molar refractivity (Wildman–Crippen MR) is 137 cm³/mol. The van der Waals surface area contributed by atoms with Crippen LogP contribution in [0, 0.1) is 13.8 Å². The number of aromatic hydroxyl groups is 2. The fourth-order valence-corrected chi connectivity index (χ4v) is 4.44. The van der Waals surface area contributed by atoms with E-state index in [0.717, 1.165) is 28.1 Å². The van der Waals surface area contributed by atoms with Gasteiger partial charge in [0.15, 0.2) is 17.3 Å². The van der Waals surface area contributed by atoms with Crippen LogP contribution in [0.15, 0.2) is 65.7 Å². The Morgan fingerprint density at radius 2 is 1.78 bits per heavy atom. The van der Waals surface area contributed by atoms with Crippen molar-refractivity contribution in [1.29, 1.82) is 0 Å². The fraction of sp³-hybridized carbons (Fsp3) is 0.185. The summed E-state index contributed by atoms with van der Waals surface area (Å²) in [6.07, 6.45) is 0.0479. The summed E-state index contributed by atoms with van der Waals surface area (Å²) in [4.78, 5) is 18.1. The number of carbonyl (C=O) groups excluding carboxylic acids is 1. The monoisotopic (exact) mass is 501 g/mol. The molecule has 0 radical (unpaired) electrons. The van der Waals surface area contributed by atoms with Crippen LogP contribution in [0.1, 0.15) is 46.4 Å². The molecule has 36 heavy (non-hydrogen) atoms. The van der Waals surface area contributed by atoms with Crippen LogP contribution in [0.2, 0.25) is 5.02 Å². The lowest BCUT2D eigenvalue weighted by atomic mass is 9.98. The van der Waals surface area contributed by atoms with E-state index in [4.69, 9.17) is 16.6 Å². The van der Waals surface area contributed by atoms with Crippen molar-refractivity contribution in [3.63, 3.8) is 0 Å². The molecule has 0 saturated heterocycles. The second kappa shape index (κ2) is 9.47. The molecule has 0 spiro atoms. The Kier molecular flexibility index (Phi) is 6.20. The maximum Gasteiger partial charge on any atom is 0.222 e. The minimum atomic E-state index is -0.585. The molecule has 3 aromatic carbocycles. The quantitative estimate of drug-likeness (QED) is 0.347. The van der Waals surface area contributed by atoms with E-state index >= 15 is 0 Å². The molecule has 4 aromatic rings. The number of nitrogens with one attached hydrogen (secondary N) is 1. The number of rotatable bonds is 5. The molecule has 0 aliphatic carbocycles. The number of aliphatic imine (C=N–C) groups is 1. The number of carbonyl (C=O) groups is 1. The van der Waals surface area contributed by atoms with Gasteiger partial charge in [-0.25, -0.2) is 0 Å². The molecule has 1 amide bonds. The third kappa shape index (κ3) is 4.55. The van der Waals surface area contributed by atoms with Gasteiger partial charge in [-0.15, -0.1) is 10.2 Å². The first-order valence-corrected chi connectivity index (χ1v) is 11.8. The van der Waals surface area contributed by atoms with E-state index in [1.165, 1.54) is 12.1 Å². The lowest BCUT2D eigenvalue weighted by molar-refractivity contribution is -0.121. The fourth-order valence-electron chi connectivity index (χ4n) is 4.31. The van der Waals surface area contributed by atoms with E-state index in [1.54, 1.807) is 6.07 Å². The highest BCUT2D eigenvalue weighted by molar-refractivity contribution is 6.30. The first kappa shape index (κ1) is 23.6. The predicted octanol–water partition coefficient (Wildman–Crippen LogP) is 4.55. The molecular weight excluding hydrogens is 478 g/mol. The van der Waals surface area contributed by atoms with E-state index in [1.807, 2.05) is 54.8 Å². The molecule has 182 valence electrons. The van der Waals surface area contributed by atoms with Crippen molar-refractivity contribution in [2.24, 2.45) is 4.99 Å². The summed E-state index contributed by atoms with van der Waals surface area (Å²) in [5, 5.41) is 31.4. The Balaban J connectivity index is 1.52. The van der Waals surface area contributed by atoms with E-state index in [0.29, 0.717) is 22.2 Å². The number of hydrogen-bond donors (Lipinski definition) is 3. The largest absolute Gasteiger partial charge is 0.504 e. The molecule has 1 aliphatic rings. The molecule has 0 saturated carbocycles. The number of aryl methyl sites for hydroxylation is 2. The average Bonchev–Trinajstić information content (AvgIpc) is 3.18. The zero-order valence-electron chi connectivity index (χ0n) is 19.7. The normalized spacial score (nSPS) is 14.4. The van der Waals surface area contributed by atoms with Crippen molar-refractivity contribution in [3.05, 3.63) is 99.6 Å². The van der Waals surface area contributed by atoms with Gasteiger partial charge >= 0.3 is 0 Å². The Morgan fingerprint density at radius 3 is 2.53 bits per heavy atom. The summed E-state index contributed by atoms with van der Waals surface area (Å²) in [6, 6.07) is 17.5. The van der Waals surface area contributed by atoms with E-state index < -0.39 is 6.04 Å². The van der Waals surface area contributed by atoms with Gasteiger partial charge in [0, 0.05) is 22.7 Å². The second-order valence-corrected chi connectivity index (χ2v) is 9.20. The first-order chi connectivity index (χ1) is 17.3. The van der Waals surface area contributed by atoms with E-state index in [2.05, 4.69) is 21.6 Å². The van der Waals surface area contributed by atoms with Gasteiger partial charge in [0.05, 0.1) is 17.8 Å². The zero-order chi connectivity index (χ0) is 25.4. The lowest BCUT2D eigenvalue weighted by Crippen LogP contribution is -2.25. The number of amides is 1. The number of hydrogen-bond acceptors (Lipinski definition) is 6. The van der Waals surface area contributed by atoms with Gasteiger partial charge in [0.2, 0.25) is 5.91 Å². The van der Waals surface area contributed by atoms with Crippen LogP contribution in [0.3, 0.4) is 0 Å². The summed E-state index contributed by atoms with van der Waals surface area (Å²) < 4.78 is 1.96. The van der Waals surface area contributed by atoms with Gasteiger partial charge < -0.3 is 15.5 Å². The van der Waals surface area contributed by atoms with Crippen molar-refractivity contribution in [2.45, 2.75) is 32.9 Å². The van der Waals surface area contributed by atoms with Crippen molar-refractivity contribution in [2.75, 3.05) is 0 Å². The first-order valence-electron chi connectivity index (χ1n) is 11.4. The maximum absolute atomic E-state index is 13.0. The summed E-state index contributed by atoms with van der Waals surface area (Å²) >= 11 is 6.14. The number of halogens is 1. The summed E-state index contributed by atoms with van der Waals surface area (Å²) in [5.74, 6) is 0.601. The molecule has 1 aliphatic heterocycles. The number of phenols is 2. The number of fused-ring (bicyclic) bond motifs is 3. The van der Waals surface area contributed by atoms with Gasteiger partial charge in [0.25, 0.3) is 0 Å². The molecule has 0 bridgehead atoms. The number of aromatic nitrogens is 3. The molecule has 5 rings (SSSR count). The molecule has 2 heterocycles. The number of benzene rings is 3. The summed E-state index contributed by atoms with van der Waals surface area (Å²) in [7, 11) is 0. The van der Waals surface area contributed by atoms with Gasteiger partial charge in [-0.1, -0.05) is 41.4 Å². The van der Waals surface area contributed by atoms with Crippen LogP contribution >= 0.6 is 11.6 Å². The van der Waals surface area contributed by atoms with Crippen LogP contribution < -0.4 is 5.32 Å². The minimum absolute atomic E-state index is 0.0479. The van der Waals surface area contributed by atoms with Crippen molar-refractivity contribution in [1.82, 2.24) is 20.1 Å². The average molecular weight is 502 g/mol. The highest BCUT2D eigenvalue weighted by atomic mass is 35.5. The second-order valence-electron chi connectivity index (χ2n) is 8.77. The van der Waals surface area contributed by atoms with Crippen LogP contribution in [-0.4, -0.2) is 36.6 Å². The van der Waals surface area contributed by atoms with Gasteiger partial charge in [-0.2, -0.15) is 0 Å². The van der Waals surface area contributed by atoms with Gasteiger partial charge in [-0.3, -0.25) is 14.4 Å². The standard InChI is InChI=1S/C27H24ClN5O3/c1-15-3-9-22-20(11-15)26(18-5-7-19(28)8-6-18)30-21(27-32-31-16(2)33(22)27)13-25(36)29-14-17-4-10-23(34)24(35)12-17/h3-12,21,34-35H,13-14H2,1-2H3,(H,29,36)/t21-/m0/s1. The topological polar surface area (TPSA) is 113 Å². The number of phenolic OH excluding ortho intramolecular Hbond substituents is 2. The maximum atomic E-state index is 13.0. The van der Waals surface area contributed by atoms with Gasteiger partial charge in [0.1, 0.15) is 11.9 Å². The molecular formula is C27H24ClN5O3. The zero-order valence-corrected chi connectivity index (χ0v) is 20.5. The van der Waals surface area contributed by atoms with E-state index in [-0.39, 0.29) is 30.4 Å². The minimum Gasteiger partial charge on any atom is -0.504 e. The van der Waals surface area contributed by atoms with Crippen molar-refractivity contribution >= 4 is 23.2 Å².